The van der Waals surface area contributed by atoms with E-state index >= 15 is 0 Å². The molecule has 0 atom stereocenters. The van der Waals surface area contributed by atoms with Gasteiger partial charge in [-0.25, -0.2) is 0 Å². The lowest BCUT2D eigenvalue weighted by molar-refractivity contribution is -0.0456. The predicted molar refractivity (Wildman–Crippen MR) is 87.9 cm³/mol. The van der Waals surface area contributed by atoms with Crippen LogP contribution in [-0.4, -0.2) is 12.1 Å². The summed E-state index contributed by atoms with van der Waals surface area (Å²) < 4.78 is 0. The third-order valence-electron chi connectivity index (χ3n) is 8.87. The van der Waals surface area contributed by atoms with Gasteiger partial charge in [-0.3, -0.25) is 10.9 Å². The lowest BCUT2D eigenvalue weighted by Gasteiger charge is -2.57. The monoisotopic (exact) mass is 300 g/mol. The van der Waals surface area contributed by atoms with Gasteiger partial charge in [0.15, 0.2) is 0 Å². The molecule has 0 amide bonds. The third kappa shape index (κ3) is 1.92. The van der Waals surface area contributed by atoms with Crippen LogP contribution in [0.1, 0.15) is 64.2 Å². The molecule has 22 heavy (non-hydrogen) atoms. The maximum atomic E-state index is 3.94. The second-order valence-corrected chi connectivity index (χ2v) is 10.2. The first-order valence-corrected chi connectivity index (χ1v) is 10.3. The van der Waals surface area contributed by atoms with Crippen molar-refractivity contribution < 1.29 is 0 Å². The summed E-state index contributed by atoms with van der Waals surface area (Å²) in [5, 5.41) is 0. The van der Waals surface area contributed by atoms with Gasteiger partial charge in [0.2, 0.25) is 0 Å². The average Bonchev–Trinajstić information content (AvgIpc) is 2.47. The van der Waals surface area contributed by atoms with Crippen molar-refractivity contribution in [2.75, 3.05) is 0 Å². The van der Waals surface area contributed by atoms with E-state index in [1.165, 1.54) is 51.4 Å². The number of hydrogen-bond acceptors (Lipinski definition) is 2. The van der Waals surface area contributed by atoms with Gasteiger partial charge in [-0.2, -0.15) is 0 Å². The molecule has 8 rings (SSSR count). The van der Waals surface area contributed by atoms with E-state index in [1.54, 1.807) is 12.8 Å². The Labute approximate surface area is 135 Å². The van der Waals surface area contributed by atoms with Crippen molar-refractivity contribution in [1.29, 1.82) is 0 Å². The normalized spacial score (nSPS) is 61.1. The molecule has 2 heteroatoms. The molecule has 0 spiro atoms. The molecule has 2 nitrogen and oxygen atoms in total. The van der Waals surface area contributed by atoms with Gasteiger partial charge in [-0.05, 0) is 112 Å². The molecule has 0 aromatic carbocycles. The van der Waals surface area contributed by atoms with Crippen molar-refractivity contribution in [2.24, 2.45) is 47.3 Å². The molecule has 8 aliphatic carbocycles. The zero-order chi connectivity index (χ0) is 14.3. The van der Waals surface area contributed by atoms with Gasteiger partial charge < -0.3 is 0 Å². The zero-order valence-corrected chi connectivity index (χ0v) is 13.8. The summed E-state index contributed by atoms with van der Waals surface area (Å²) in [7, 11) is 0. The van der Waals surface area contributed by atoms with E-state index < -0.39 is 0 Å². The molecule has 0 unspecified atom stereocenters. The van der Waals surface area contributed by atoms with Gasteiger partial charge in [0, 0.05) is 12.1 Å². The molecule has 8 saturated carbocycles. The predicted octanol–water partition coefficient (Wildman–Crippen LogP) is 3.73. The number of nitrogens with one attached hydrogen (secondary N) is 2. The molecule has 8 aliphatic rings. The smallest absolute Gasteiger partial charge is 0.0269 e. The topological polar surface area (TPSA) is 24.1 Å². The summed E-state index contributed by atoms with van der Waals surface area (Å²) in [6, 6.07) is 1.62. The van der Waals surface area contributed by atoms with E-state index in [1.807, 2.05) is 0 Å². The van der Waals surface area contributed by atoms with Crippen LogP contribution in [0.5, 0.6) is 0 Å². The fourth-order valence-electron chi connectivity index (χ4n) is 8.51. The van der Waals surface area contributed by atoms with E-state index in [2.05, 4.69) is 10.9 Å². The fourth-order valence-corrected chi connectivity index (χ4v) is 8.51. The first-order chi connectivity index (χ1) is 10.8. The maximum absolute atomic E-state index is 3.94. The Morgan fingerprint density at radius 2 is 0.636 bits per heavy atom. The Morgan fingerprint density at radius 1 is 0.364 bits per heavy atom. The van der Waals surface area contributed by atoms with E-state index in [9.17, 15) is 0 Å². The number of hydrogen-bond donors (Lipinski definition) is 2. The molecule has 0 aliphatic heterocycles. The zero-order valence-electron chi connectivity index (χ0n) is 13.8. The first-order valence-electron chi connectivity index (χ1n) is 10.3. The van der Waals surface area contributed by atoms with Crippen LogP contribution in [0.2, 0.25) is 0 Å². The standard InChI is InChI=1S/C20H32N2/c1-11-3-15-5-12(1)6-16(4-11)19(15)21-22-20-17-7-13-2-14(9-17)10-18(20)8-13/h11-22H,1-10H2. The molecule has 0 saturated heterocycles. The minimum atomic E-state index is 0.810. The van der Waals surface area contributed by atoms with Crippen molar-refractivity contribution in [3.8, 4) is 0 Å². The van der Waals surface area contributed by atoms with Gasteiger partial charge in [0.1, 0.15) is 0 Å². The van der Waals surface area contributed by atoms with E-state index in [0.717, 1.165) is 59.4 Å². The Morgan fingerprint density at radius 3 is 0.909 bits per heavy atom. The Balaban J connectivity index is 1.14. The highest BCUT2D eigenvalue weighted by molar-refractivity contribution is 5.03. The van der Waals surface area contributed by atoms with Crippen LogP contribution in [-0.2, 0) is 0 Å². The SMILES string of the molecule is C1C2CC3CC1CC(C2)C3NNC1C2CC3CC(C2)CC1C3. The summed E-state index contributed by atoms with van der Waals surface area (Å²) in [5.74, 6) is 8.40. The highest BCUT2D eigenvalue weighted by Gasteiger charge is 2.50. The summed E-state index contributed by atoms with van der Waals surface area (Å²) in [6.07, 6.45) is 15.4. The lowest BCUT2D eigenvalue weighted by atomic mass is 9.54. The van der Waals surface area contributed by atoms with Crippen molar-refractivity contribution in [3.63, 3.8) is 0 Å². The molecule has 2 N–H and O–H groups in total. The van der Waals surface area contributed by atoms with Crippen LogP contribution >= 0.6 is 0 Å². The van der Waals surface area contributed by atoms with E-state index in [0.29, 0.717) is 0 Å². The molecule has 0 radical (unpaired) electrons. The van der Waals surface area contributed by atoms with Gasteiger partial charge in [-0.15, -0.1) is 0 Å². The highest BCUT2D eigenvalue weighted by atomic mass is 15.4. The molecule has 0 aromatic rings. The second kappa shape index (κ2) is 4.72. The van der Waals surface area contributed by atoms with Crippen LogP contribution in [0.25, 0.3) is 0 Å². The summed E-state index contributed by atoms with van der Waals surface area (Å²) in [6.45, 7) is 0. The largest absolute Gasteiger partial charge is 0.254 e. The molecule has 122 valence electrons. The van der Waals surface area contributed by atoms with Crippen LogP contribution in [0.15, 0.2) is 0 Å². The van der Waals surface area contributed by atoms with Crippen molar-refractivity contribution in [2.45, 2.75) is 76.3 Å². The molecular weight excluding hydrogens is 268 g/mol. The minimum Gasteiger partial charge on any atom is -0.254 e. The summed E-state index contributed by atoms with van der Waals surface area (Å²) in [5.41, 5.74) is 7.89. The fraction of sp³-hybridized carbons (Fsp3) is 1.00. The molecule has 8 fully saturated rings. The Hall–Kier alpha value is -0.0800. The molecular formula is C20H32N2. The second-order valence-electron chi connectivity index (χ2n) is 10.2. The average molecular weight is 300 g/mol. The van der Waals surface area contributed by atoms with Crippen LogP contribution in [0.4, 0.5) is 0 Å². The van der Waals surface area contributed by atoms with E-state index in [4.69, 9.17) is 0 Å². The first kappa shape index (κ1) is 13.2. The summed E-state index contributed by atoms with van der Waals surface area (Å²) >= 11 is 0. The van der Waals surface area contributed by atoms with Crippen LogP contribution in [0.3, 0.4) is 0 Å². The van der Waals surface area contributed by atoms with Crippen molar-refractivity contribution in [1.82, 2.24) is 10.9 Å². The Bertz CT molecular complexity index is 361. The lowest BCUT2D eigenvalue weighted by Crippen LogP contribution is -2.63. The maximum Gasteiger partial charge on any atom is 0.0269 e. The number of rotatable bonds is 3. The minimum absolute atomic E-state index is 0.810. The number of hydrazine groups is 1. The molecule has 0 heterocycles. The summed E-state index contributed by atoms with van der Waals surface area (Å²) in [4.78, 5) is 0. The van der Waals surface area contributed by atoms with Crippen molar-refractivity contribution >= 4 is 0 Å². The quantitative estimate of drug-likeness (QED) is 0.776. The van der Waals surface area contributed by atoms with Gasteiger partial charge in [0.05, 0.1) is 0 Å². The highest BCUT2D eigenvalue weighted by Crippen LogP contribution is 2.55. The molecule has 0 aromatic heterocycles. The van der Waals surface area contributed by atoms with Crippen molar-refractivity contribution in [3.05, 3.63) is 0 Å². The van der Waals surface area contributed by atoms with Gasteiger partial charge >= 0.3 is 0 Å². The Kier molecular flexibility index (Phi) is 2.84. The van der Waals surface area contributed by atoms with E-state index in [-0.39, 0.29) is 0 Å². The van der Waals surface area contributed by atoms with Crippen LogP contribution < -0.4 is 10.9 Å². The van der Waals surface area contributed by atoms with Gasteiger partial charge in [-0.1, -0.05) is 0 Å². The van der Waals surface area contributed by atoms with Gasteiger partial charge in [0.25, 0.3) is 0 Å². The third-order valence-corrected chi connectivity index (χ3v) is 8.87. The van der Waals surface area contributed by atoms with Crippen LogP contribution in [0, 0.1) is 47.3 Å². The molecule has 8 bridgehead atoms.